The van der Waals surface area contributed by atoms with Gasteiger partial charge in [-0.25, -0.2) is 5.43 Å². The fraction of sp³-hybridized carbons (Fsp3) is 0. The molecule has 2 aromatic carbocycles. The number of nitrogens with zero attached hydrogens (tertiary/aromatic N) is 1. The van der Waals surface area contributed by atoms with Crippen LogP contribution in [0, 0.1) is 0 Å². The lowest BCUT2D eigenvalue weighted by molar-refractivity contribution is 0.0955. The van der Waals surface area contributed by atoms with Crippen LogP contribution in [0.15, 0.2) is 47.6 Å². The Balaban J connectivity index is 2.05. The average Bonchev–Trinajstić information content (AvgIpc) is 2.43. The molecule has 0 aliphatic heterocycles. The third kappa shape index (κ3) is 3.50. The summed E-state index contributed by atoms with van der Waals surface area (Å²) in [5.74, 6) is -0.416. The molecule has 0 radical (unpaired) electrons. The van der Waals surface area contributed by atoms with Crippen LogP contribution < -0.4 is 5.43 Å². The molecular weight excluding hydrogens is 299 g/mol. The zero-order valence-electron chi connectivity index (χ0n) is 10.2. The number of carbonyl (C=O) groups excluding carboxylic acids is 1. The van der Waals surface area contributed by atoms with E-state index in [9.17, 15) is 9.90 Å². The molecule has 0 spiro atoms. The maximum atomic E-state index is 11.8. The second kappa shape index (κ2) is 6.41. The Labute approximate surface area is 125 Å². The van der Waals surface area contributed by atoms with E-state index in [0.717, 1.165) is 0 Å². The molecule has 0 aliphatic carbocycles. The lowest BCUT2D eigenvalue weighted by Gasteiger charge is -2.02. The van der Waals surface area contributed by atoms with Crippen LogP contribution in [0.3, 0.4) is 0 Å². The molecule has 2 N–H and O–H groups in total. The highest BCUT2D eigenvalue weighted by Gasteiger charge is 2.07. The lowest BCUT2D eigenvalue weighted by atomic mass is 10.2. The van der Waals surface area contributed by atoms with Gasteiger partial charge >= 0.3 is 0 Å². The van der Waals surface area contributed by atoms with Gasteiger partial charge in [0.25, 0.3) is 5.91 Å². The number of hydrogen-bond donors (Lipinski definition) is 2. The number of phenolic OH excluding ortho intramolecular Hbond substituents is 1. The van der Waals surface area contributed by atoms with Crippen molar-refractivity contribution in [1.82, 2.24) is 5.43 Å². The molecule has 0 fully saturated rings. The van der Waals surface area contributed by atoms with Crippen LogP contribution in [0.2, 0.25) is 10.0 Å². The largest absolute Gasteiger partial charge is 0.506 e. The van der Waals surface area contributed by atoms with Gasteiger partial charge in [-0.1, -0.05) is 35.3 Å². The molecule has 20 heavy (non-hydrogen) atoms. The zero-order valence-corrected chi connectivity index (χ0v) is 11.7. The highest BCUT2D eigenvalue weighted by molar-refractivity contribution is 6.33. The van der Waals surface area contributed by atoms with Crippen LogP contribution in [-0.4, -0.2) is 17.2 Å². The number of hydrazone groups is 1. The van der Waals surface area contributed by atoms with Crippen molar-refractivity contribution in [2.75, 3.05) is 0 Å². The Morgan fingerprint density at radius 3 is 2.60 bits per heavy atom. The van der Waals surface area contributed by atoms with Crippen molar-refractivity contribution >= 4 is 35.3 Å². The van der Waals surface area contributed by atoms with Crippen molar-refractivity contribution in [1.29, 1.82) is 0 Å². The monoisotopic (exact) mass is 308 g/mol. The van der Waals surface area contributed by atoms with E-state index in [1.54, 1.807) is 30.3 Å². The normalized spacial score (nSPS) is 10.7. The second-order valence-electron chi connectivity index (χ2n) is 3.89. The van der Waals surface area contributed by atoms with E-state index < -0.39 is 5.91 Å². The first-order chi connectivity index (χ1) is 9.58. The number of halogens is 2. The topological polar surface area (TPSA) is 61.7 Å². The quantitative estimate of drug-likeness (QED) is 0.674. The molecule has 6 heteroatoms. The Hall–Kier alpha value is -2.04. The maximum absolute atomic E-state index is 11.8. The van der Waals surface area contributed by atoms with E-state index >= 15 is 0 Å². The Kier molecular flexibility index (Phi) is 4.61. The summed E-state index contributed by atoms with van der Waals surface area (Å²) >= 11 is 11.7. The van der Waals surface area contributed by atoms with E-state index in [1.165, 1.54) is 18.3 Å². The summed E-state index contributed by atoms with van der Waals surface area (Å²) < 4.78 is 0. The van der Waals surface area contributed by atoms with Gasteiger partial charge in [-0.2, -0.15) is 5.10 Å². The van der Waals surface area contributed by atoms with Gasteiger partial charge in [-0.3, -0.25) is 4.79 Å². The molecule has 102 valence electrons. The minimum absolute atomic E-state index is 0.0103. The summed E-state index contributed by atoms with van der Waals surface area (Å²) in [5.41, 5.74) is 3.35. The van der Waals surface area contributed by atoms with Crippen LogP contribution in [0.4, 0.5) is 0 Å². The van der Waals surface area contributed by atoms with Gasteiger partial charge in [-0.05, 0) is 35.9 Å². The van der Waals surface area contributed by atoms with Gasteiger partial charge in [0, 0.05) is 0 Å². The molecule has 0 bridgehead atoms. The van der Waals surface area contributed by atoms with Crippen molar-refractivity contribution in [3.63, 3.8) is 0 Å². The second-order valence-corrected chi connectivity index (χ2v) is 4.70. The average molecular weight is 309 g/mol. The number of carbonyl (C=O) groups is 1. The third-order valence-electron chi connectivity index (χ3n) is 2.47. The molecule has 1 amide bonds. The van der Waals surface area contributed by atoms with Crippen molar-refractivity contribution in [3.05, 3.63) is 63.6 Å². The molecule has 4 nitrogen and oxygen atoms in total. The molecule has 0 saturated heterocycles. The maximum Gasteiger partial charge on any atom is 0.272 e. The Bertz CT molecular complexity index is 672. The highest BCUT2D eigenvalue weighted by Crippen LogP contribution is 2.22. The SMILES string of the molecule is O=C(N/N=C\c1ccc(O)c(Cl)c1)c1ccccc1Cl. The van der Waals surface area contributed by atoms with E-state index in [-0.39, 0.29) is 10.8 Å². The van der Waals surface area contributed by atoms with Gasteiger partial charge in [-0.15, -0.1) is 0 Å². The van der Waals surface area contributed by atoms with Crippen molar-refractivity contribution in [2.24, 2.45) is 5.10 Å². The number of hydrogen-bond acceptors (Lipinski definition) is 3. The number of aromatic hydroxyl groups is 1. The van der Waals surface area contributed by atoms with E-state index in [1.807, 2.05) is 0 Å². The molecule has 2 aromatic rings. The van der Waals surface area contributed by atoms with Crippen LogP contribution in [0.1, 0.15) is 15.9 Å². The van der Waals surface area contributed by atoms with Gasteiger partial charge in [0.05, 0.1) is 21.8 Å². The summed E-state index contributed by atoms with van der Waals surface area (Å²) in [6, 6.07) is 11.3. The minimum atomic E-state index is -0.406. The predicted octanol–water partition coefficient (Wildman–Crippen LogP) is 3.46. The summed E-state index contributed by atoms with van der Waals surface area (Å²) in [6.07, 6.45) is 1.42. The van der Waals surface area contributed by atoms with Gasteiger partial charge in [0.1, 0.15) is 5.75 Å². The smallest absolute Gasteiger partial charge is 0.272 e. The van der Waals surface area contributed by atoms with Crippen molar-refractivity contribution in [3.8, 4) is 5.75 Å². The van der Waals surface area contributed by atoms with Gasteiger partial charge < -0.3 is 5.11 Å². The van der Waals surface area contributed by atoms with Crippen LogP contribution >= 0.6 is 23.2 Å². The van der Waals surface area contributed by atoms with E-state index in [0.29, 0.717) is 16.1 Å². The standard InChI is InChI=1S/C14H10Cl2N2O2/c15-11-4-2-1-3-10(11)14(20)18-17-8-9-5-6-13(19)12(16)7-9/h1-8,19H,(H,18,20)/b17-8-. The van der Waals surface area contributed by atoms with Crippen LogP contribution in [0.5, 0.6) is 5.75 Å². The minimum Gasteiger partial charge on any atom is -0.506 e. The van der Waals surface area contributed by atoms with E-state index in [2.05, 4.69) is 10.5 Å². The number of amides is 1. The highest BCUT2D eigenvalue weighted by atomic mass is 35.5. The number of benzene rings is 2. The zero-order chi connectivity index (χ0) is 14.5. The molecular formula is C14H10Cl2N2O2. The molecule has 0 heterocycles. The number of nitrogens with one attached hydrogen (secondary N) is 1. The number of phenols is 1. The van der Waals surface area contributed by atoms with Crippen molar-refractivity contribution in [2.45, 2.75) is 0 Å². The lowest BCUT2D eigenvalue weighted by Crippen LogP contribution is -2.17. The first-order valence-electron chi connectivity index (χ1n) is 5.64. The summed E-state index contributed by atoms with van der Waals surface area (Å²) in [7, 11) is 0. The molecule has 2 rings (SSSR count). The fourth-order valence-electron chi connectivity index (χ4n) is 1.47. The van der Waals surface area contributed by atoms with Gasteiger partial charge in [0.15, 0.2) is 0 Å². The first kappa shape index (κ1) is 14.4. The van der Waals surface area contributed by atoms with Gasteiger partial charge in [0.2, 0.25) is 0 Å². The third-order valence-corrected chi connectivity index (χ3v) is 3.10. The Morgan fingerprint density at radius 1 is 1.15 bits per heavy atom. The summed E-state index contributed by atoms with van der Waals surface area (Å²) in [4.78, 5) is 11.8. The summed E-state index contributed by atoms with van der Waals surface area (Å²) in [6.45, 7) is 0. The predicted molar refractivity (Wildman–Crippen MR) is 79.6 cm³/mol. The molecule has 0 atom stereocenters. The molecule has 0 aromatic heterocycles. The molecule has 0 saturated carbocycles. The van der Waals surface area contributed by atoms with E-state index in [4.69, 9.17) is 23.2 Å². The van der Waals surface area contributed by atoms with Crippen molar-refractivity contribution < 1.29 is 9.90 Å². The summed E-state index contributed by atoms with van der Waals surface area (Å²) in [5, 5.41) is 13.7. The molecule has 0 unspecified atom stereocenters. The Morgan fingerprint density at radius 2 is 1.90 bits per heavy atom. The fourth-order valence-corrected chi connectivity index (χ4v) is 1.89. The van der Waals surface area contributed by atoms with Crippen LogP contribution in [-0.2, 0) is 0 Å². The van der Waals surface area contributed by atoms with Crippen LogP contribution in [0.25, 0.3) is 0 Å². The molecule has 0 aliphatic rings. The first-order valence-corrected chi connectivity index (χ1v) is 6.40. The number of rotatable bonds is 3.